The minimum Gasteiger partial charge on any atom is -0.488 e. The Morgan fingerprint density at radius 3 is 2.25 bits per heavy atom. The number of likely N-dealkylation sites (tertiary alicyclic amines) is 1. The van der Waals surface area contributed by atoms with Gasteiger partial charge in [0.2, 0.25) is 5.95 Å². The summed E-state index contributed by atoms with van der Waals surface area (Å²) in [6.45, 7) is 8.47. The summed E-state index contributed by atoms with van der Waals surface area (Å²) in [4.78, 5) is 25.8. The zero-order valence-corrected chi connectivity index (χ0v) is 24.3. The molecule has 3 atom stereocenters. The highest BCUT2D eigenvalue weighted by Gasteiger charge is 2.41. The zero-order chi connectivity index (χ0) is 29.4. The van der Waals surface area contributed by atoms with Crippen LogP contribution in [0.2, 0.25) is 5.02 Å². The molecule has 2 aromatic rings. The zero-order valence-electron chi connectivity index (χ0n) is 23.6. The molecular formula is C28H38ClF3N4O4. The second kappa shape index (κ2) is 14.2. The van der Waals surface area contributed by atoms with Crippen molar-refractivity contribution in [2.24, 2.45) is 0 Å². The summed E-state index contributed by atoms with van der Waals surface area (Å²) in [7, 11) is 1.57. The number of carbonyl (C=O) groups is 1. The predicted octanol–water partition coefficient (Wildman–Crippen LogP) is 6.75. The van der Waals surface area contributed by atoms with E-state index in [4.69, 9.17) is 25.8 Å². The summed E-state index contributed by atoms with van der Waals surface area (Å²) >= 11 is 6.10. The minimum atomic E-state index is -4.54. The molecule has 0 N–H and O–H groups in total. The number of nitrogens with zero attached hydrogens (tertiary/aromatic N) is 4. The Morgan fingerprint density at radius 1 is 1.10 bits per heavy atom. The van der Waals surface area contributed by atoms with Crippen LogP contribution in [0.5, 0.6) is 5.75 Å². The number of hydrogen-bond acceptors (Lipinski definition) is 7. The van der Waals surface area contributed by atoms with Gasteiger partial charge in [0, 0.05) is 36.8 Å². The summed E-state index contributed by atoms with van der Waals surface area (Å²) in [6, 6.07) is 3.13. The molecule has 12 heteroatoms. The van der Waals surface area contributed by atoms with Crippen molar-refractivity contribution in [3.8, 4) is 5.75 Å². The SMILES string of the molecule is CC[C@@H]1CC(N(Cc2cc(Cl)cc(C(F)(F)F)c2)c2ncc(OCCOC)cn2)C[C@H](CC)N1C(=O)OC(C)C. The van der Waals surface area contributed by atoms with Gasteiger partial charge < -0.3 is 24.0 Å². The molecule has 1 saturated heterocycles. The smallest absolute Gasteiger partial charge is 0.416 e. The fourth-order valence-electron chi connectivity index (χ4n) is 5.03. The molecule has 0 aliphatic carbocycles. The molecule has 8 nitrogen and oxygen atoms in total. The van der Waals surface area contributed by atoms with Crippen LogP contribution in [0.25, 0.3) is 0 Å². The summed E-state index contributed by atoms with van der Waals surface area (Å²) < 4.78 is 56.8. The average molecular weight is 587 g/mol. The quantitative estimate of drug-likeness (QED) is 0.270. The van der Waals surface area contributed by atoms with Gasteiger partial charge in [-0.3, -0.25) is 0 Å². The third kappa shape index (κ3) is 8.36. The van der Waals surface area contributed by atoms with Gasteiger partial charge >= 0.3 is 12.3 Å². The number of anilines is 1. The molecule has 1 aliphatic heterocycles. The van der Waals surface area contributed by atoms with Crippen molar-refractivity contribution in [3.63, 3.8) is 0 Å². The van der Waals surface area contributed by atoms with Gasteiger partial charge in [-0.25, -0.2) is 14.8 Å². The fourth-order valence-corrected chi connectivity index (χ4v) is 5.29. The number of hydrogen-bond donors (Lipinski definition) is 0. The monoisotopic (exact) mass is 586 g/mol. The number of halogens is 4. The highest BCUT2D eigenvalue weighted by atomic mass is 35.5. The Hall–Kier alpha value is -2.79. The standard InChI is InChI=1S/C28H38ClF3N4O4/c1-6-22-13-24(14-23(7-2)36(22)27(37)40-18(3)4)35(26-33-15-25(16-34-26)39-9-8-38-5)17-19-10-20(28(30,31)32)12-21(29)11-19/h10-12,15-16,18,22-24H,6-9,13-14,17H2,1-5H3/t22-,23+,24?. The summed E-state index contributed by atoms with van der Waals surface area (Å²) in [5.41, 5.74) is -0.437. The van der Waals surface area contributed by atoms with Crippen LogP contribution < -0.4 is 9.64 Å². The van der Waals surface area contributed by atoms with E-state index in [2.05, 4.69) is 9.97 Å². The number of piperidine rings is 1. The average Bonchev–Trinajstić information content (AvgIpc) is 2.90. The molecule has 1 aromatic heterocycles. The molecule has 1 aliphatic rings. The van der Waals surface area contributed by atoms with Crippen molar-refractivity contribution < 1.29 is 32.2 Å². The van der Waals surface area contributed by atoms with E-state index >= 15 is 0 Å². The lowest BCUT2D eigenvalue weighted by molar-refractivity contribution is -0.137. The normalized spacial score (nSPS) is 19.6. The van der Waals surface area contributed by atoms with Crippen LogP contribution >= 0.6 is 11.6 Å². The van der Waals surface area contributed by atoms with Gasteiger partial charge in [-0.2, -0.15) is 13.2 Å². The fraction of sp³-hybridized carbons (Fsp3) is 0.607. The van der Waals surface area contributed by atoms with Crippen LogP contribution in [0.15, 0.2) is 30.6 Å². The van der Waals surface area contributed by atoms with E-state index in [0.29, 0.717) is 56.2 Å². The summed E-state index contributed by atoms with van der Waals surface area (Å²) in [5, 5.41) is -0.00305. The number of methoxy groups -OCH3 is 1. The van der Waals surface area contributed by atoms with Gasteiger partial charge in [0.25, 0.3) is 0 Å². The van der Waals surface area contributed by atoms with Crippen LogP contribution in [-0.4, -0.2) is 65.5 Å². The lowest BCUT2D eigenvalue weighted by atomic mass is 9.87. The highest BCUT2D eigenvalue weighted by Crippen LogP contribution is 2.36. The molecule has 0 saturated carbocycles. The molecule has 222 valence electrons. The molecule has 1 fully saturated rings. The Morgan fingerprint density at radius 2 is 1.73 bits per heavy atom. The van der Waals surface area contributed by atoms with E-state index < -0.39 is 11.7 Å². The number of rotatable bonds is 11. The summed E-state index contributed by atoms with van der Waals surface area (Å²) in [5.74, 6) is 0.799. The van der Waals surface area contributed by atoms with Gasteiger partial charge in [-0.05, 0) is 63.3 Å². The van der Waals surface area contributed by atoms with Crippen molar-refractivity contribution in [3.05, 3.63) is 46.7 Å². The first-order chi connectivity index (χ1) is 19.0. The van der Waals surface area contributed by atoms with E-state index in [9.17, 15) is 18.0 Å². The molecule has 40 heavy (non-hydrogen) atoms. The second-order valence-electron chi connectivity index (χ2n) is 10.1. The van der Waals surface area contributed by atoms with Crippen molar-refractivity contribution in [2.45, 2.75) is 90.3 Å². The van der Waals surface area contributed by atoms with Crippen molar-refractivity contribution in [1.29, 1.82) is 0 Å². The number of benzene rings is 1. The second-order valence-corrected chi connectivity index (χ2v) is 10.6. The Bertz CT molecular complexity index is 1090. The Labute approximate surface area is 238 Å². The first-order valence-corrected chi connectivity index (χ1v) is 13.9. The molecule has 0 spiro atoms. The predicted molar refractivity (Wildman–Crippen MR) is 147 cm³/mol. The van der Waals surface area contributed by atoms with E-state index in [1.165, 1.54) is 18.5 Å². The van der Waals surface area contributed by atoms with Crippen molar-refractivity contribution in [1.82, 2.24) is 14.9 Å². The van der Waals surface area contributed by atoms with E-state index in [-0.39, 0.29) is 41.9 Å². The van der Waals surface area contributed by atoms with Crippen LogP contribution in [-0.2, 0) is 22.2 Å². The molecule has 3 rings (SSSR count). The van der Waals surface area contributed by atoms with E-state index in [1.807, 2.05) is 37.5 Å². The maximum absolute atomic E-state index is 13.6. The lowest BCUT2D eigenvalue weighted by Gasteiger charge is -2.47. The number of amides is 1. The third-order valence-electron chi connectivity index (χ3n) is 6.87. The van der Waals surface area contributed by atoms with Gasteiger partial charge in [0.1, 0.15) is 6.61 Å². The Kier molecular flexibility index (Phi) is 11.3. The third-order valence-corrected chi connectivity index (χ3v) is 7.09. The maximum Gasteiger partial charge on any atom is 0.416 e. The van der Waals surface area contributed by atoms with E-state index in [0.717, 1.165) is 12.1 Å². The molecule has 0 bridgehead atoms. The molecular weight excluding hydrogens is 549 g/mol. The first-order valence-electron chi connectivity index (χ1n) is 13.5. The molecule has 0 radical (unpaired) electrons. The maximum atomic E-state index is 13.6. The van der Waals surface area contributed by atoms with Gasteiger partial charge in [-0.15, -0.1) is 0 Å². The number of carbonyl (C=O) groups excluding carboxylic acids is 1. The van der Waals surface area contributed by atoms with Crippen molar-refractivity contribution >= 4 is 23.6 Å². The summed E-state index contributed by atoms with van der Waals surface area (Å²) in [6.07, 6.45) is 0.460. The largest absolute Gasteiger partial charge is 0.488 e. The van der Waals surface area contributed by atoms with Gasteiger partial charge in [0.15, 0.2) is 5.75 Å². The first kappa shape index (κ1) is 31.7. The minimum absolute atomic E-state index is 0.00305. The number of ether oxygens (including phenoxy) is 3. The lowest BCUT2D eigenvalue weighted by Crippen LogP contribution is -2.57. The molecule has 1 unspecified atom stereocenters. The molecule has 1 amide bonds. The molecule has 2 heterocycles. The molecule has 1 aromatic carbocycles. The van der Waals surface area contributed by atoms with E-state index in [1.54, 1.807) is 7.11 Å². The highest BCUT2D eigenvalue weighted by molar-refractivity contribution is 6.30. The van der Waals surface area contributed by atoms with Gasteiger partial charge in [0.05, 0.1) is 30.7 Å². The number of aromatic nitrogens is 2. The van der Waals surface area contributed by atoms with Crippen molar-refractivity contribution in [2.75, 3.05) is 25.2 Å². The Balaban J connectivity index is 1.97. The van der Waals surface area contributed by atoms with Crippen LogP contribution in [0.3, 0.4) is 0 Å². The van der Waals surface area contributed by atoms with Crippen LogP contribution in [0, 0.1) is 0 Å². The topological polar surface area (TPSA) is 77.0 Å². The number of alkyl halides is 3. The van der Waals surface area contributed by atoms with Crippen LogP contribution in [0.4, 0.5) is 23.9 Å². The van der Waals surface area contributed by atoms with Gasteiger partial charge in [-0.1, -0.05) is 25.4 Å². The van der Waals surface area contributed by atoms with Crippen LogP contribution in [0.1, 0.15) is 64.5 Å².